The molecular weight excluding hydrogens is 721 g/mol. The van der Waals surface area contributed by atoms with Crippen molar-refractivity contribution < 1.29 is 52.9 Å². The second-order valence-corrected chi connectivity index (χ2v) is 15.8. The van der Waals surface area contributed by atoms with Crippen molar-refractivity contribution in [2.24, 2.45) is 11.7 Å². The number of aliphatic carboxylic acids is 1. The van der Waals surface area contributed by atoms with Crippen molar-refractivity contribution in [3.05, 3.63) is 48.6 Å². The summed E-state index contributed by atoms with van der Waals surface area (Å²) in [4.78, 5) is 54.4. The smallest absolute Gasteiger partial charge is 0.469 e. The first kappa shape index (κ1) is 50.8. The molecule has 0 bridgehead atoms. The van der Waals surface area contributed by atoms with Crippen LogP contribution in [-0.2, 0) is 32.9 Å². The first-order valence-electron chi connectivity index (χ1n) is 19.3. The van der Waals surface area contributed by atoms with Gasteiger partial charge in [0.15, 0.2) is 6.10 Å². The third-order valence-corrected chi connectivity index (χ3v) is 10.3. The van der Waals surface area contributed by atoms with Gasteiger partial charge < -0.3 is 35.2 Å². The number of ether oxygens (including phenoxy) is 2. The molecular formula is C39H68NO11PS. The normalized spacial score (nSPS) is 15.3. The molecule has 5 atom stereocenters. The van der Waals surface area contributed by atoms with Gasteiger partial charge in [0, 0.05) is 23.8 Å². The zero-order valence-corrected chi connectivity index (χ0v) is 33.9. The number of aliphatic hydroxyl groups excluding tert-OH is 1. The number of nitrogens with two attached hydrogens (primary N) is 1. The summed E-state index contributed by atoms with van der Waals surface area (Å²) in [7, 11) is -4.88. The van der Waals surface area contributed by atoms with E-state index in [1.807, 2.05) is 24.3 Å². The van der Waals surface area contributed by atoms with Crippen LogP contribution in [0.4, 0.5) is 0 Å². The Bertz CT molecular complexity index is 1140. The topological polar surface area (TPSA) is 203 Å². The highest BCUT2D eigenvalue weighted by Crippen LogP contribution is 2.36. The lowest BCUT2D eigenvalue weighted by Crippen LogP contribution is -2.38. The van der Waals surface area contributed by atoms with Crippen LogP contribution in [0.3, 0.4) is 0 Å². The molecule has 0 radical (unpaired) electrons. The average molecular weight is 790 g/mol. The minimum Gasteiger partial charge on any atom is -0.481 e. The standard InChI is InChI=1S/C39H68NO11PS/c1-4-6-7-8-9-10-11-12-13-14-18-21-26-36(35(41)25-23-27-37(42)43)53-31-34(40)39(45)49-29-33(30-50-52(46,47)48)51-38(44)28-22-19-16-15-17-20-24-32(3)5-2/h9-10,12-14,18,21,26,32-36,41H,4-8,11,15-17,19-20,22-25,27-31,40H2,1-3H3,(H,42,43)(H2,46,47,48)/b10-9-,13-12-,18-14+,26-21+/t32?,33-,34+,35+,36-/m1/s1. The van der Waals surface area contributed by atoms with Crippen LogP contribution in [0.25, 0.3) is 0 Å². The number of carbonyl (C=O) groups excluding carboxylic acids is 2. The van der Waals surface area contributed by atoms with E-state index >= 15 is 0 Å². The Kier molecular flexibility index (Phi) is 31.7. The molecule has 0 saturated carbocycles. The zero-order valence-electron chi connectivity index (χ0n) is 32.2. The number of allylic oxidation sites excluding steroid dienone is 7. The Morgan fingerprint density at radius 2 is 1.53 bits per heavy atom. The van der Waals surface area contributed by atoms with Gasteiger partial charge >= 0.3 is 25.7 Å². The van der Waals surface area contributed by atoms with E-state index in [0.717, 1.165) is 44.4 Å². The maximum atomic E-state index is 12.7. The Labute approximate surface area is 322 Å². The number of hydrogen-bond donors (Lipinski definition) is 5. The molecule has 0 aromatic rings. The molecule has 0 aliphatic heterocycles. The molecule has 0 rings (SSSR count). The van der Waals surface area contributed by atoms with Crippen molar-refractivity contribution in [3.8, 4) is 0 Å². The van der Waals surface area contributed by atoms with E-state index in [1.165, 1.54) is 50.3 Å². The van der Waals surface area contributed by atoms with Crippen LogP contribution in [0.1, 0.15) is 130 Å². The highest BCUT2D eigenvalue weighted by Gasteiger charge is 2.26. The molecule has 0 aliphatic carbocycles. The molecule has 12 nitrogen and oxygen atoms in total. The molecule has 0 spiro atoms. The van der Waals surface area contributed by atoms with Gasteiger partial charge in [0.25, 0.3) is 0 Å². The van der Waals surface area contributed by atoms with Crippen LogP contribution in [0.15, 0.2) is 48.6 Å². The summed E-state index contributed by atoms with van der Waals surface area (Å²) in [6.45, 7) is 5.42. The highest BCUT2D eigenvalue weighted by molar-refractivity contribution is 8.00. The Morgan fingerprint density at radius 1 is 0.830 bits per heavy atom. The van der Waals surface area contributed by atoms with Gasteiger partial charge in [0.1, 0.15) is 12.6 Å². The quantitative estimate of drug-likeness (QED) is 0.0138. The van der Waals surface area contributed by atoms with E-state index in [0.29, 0.717) is 6.42 Å². The Hall–Kier alpha value is -2.25. The monoisotopic (exact) mass is 789 g/mol. The number of rotatable bonds is 34. The lowest BCUT2D eigenvalue weighted by molar-refractivity contribution is -0.161. The van der Waals surface area contributed by atoms with E-state index in [1.54, 1.807) is 12.2 Å². The van der Waals surface area contributed by atoms with Crippen LogP contribution in [-0.4, -0.2) is 80.4 Å². The summed E-state index contributed by atoms with van der Waals surface area (Å²) in [5.74, 6) is -1.61. The number of phosphoric acid groups is 1. The van der Waals surface area contributed by atoms with Gasteiger partial charge in [-0.25, -0.2) is 4.57 Å². The van der Waals surface area contributed by atoms with E-state index in [2.05, 4.69) is 37.4 Å². The molecule has 0 fully saturated rings. The molecule has 0 aromatic carbocycles. The summed E-state index contributed by atoms with van der Waals surface area (Å²) in [6, 6.07) is -1.14. The van der Waals surface area contributed by atoms with E-state index in [9.17, 15) is 24.1 Å². The fourth-order valence-corrected chi connectivity index (χ4v) is 6.45. The third-order valence-electron chi connectivity index (χ3n) is 8.39. The van der Waals surface area contributed by atoms with Gasteiger partial charge in [-0.1, -0.05) is 127 Å². The third kappa shape index (κ3) is 32.9. The number of esters is 2. The molecule has 0 heterocycles. The molecule has 0 saturated heterocycles. The molecule has 14 heteroatoms. The first-order valence-corrected chi connectivity index (χ1v) is 21.8. The molecule has 1 unspecified atom stereocenters. The van der Waals surface area contributed by atoms with Crippen molar-refractivity contribution in [3.63, 3.8) is 0 Å². The number of thioether (sulfide) groups is 1. The van der Waals surface area contributed by atoms with Crippen molar-refractivity contribution >= 4 is 37.5 Å². The number of carbonyl (C=O) groups is 3. The van der Waals surface area contributed by atoms with Crippen LogP contribution < -0.4 is 5.73 Å². The van der Waals surface area contributed by atoms with Crippen LogP contribution in [0.2, 0.25) is 0 Å². The van der Waals surface area contributed by atoms with Crippen LogP contribution >= 0.6 is 19.6 Å². The number of unbranched alkanes of at least 4 members (excludes halogenated alkanes) is 8. The minimum atomic E-state index is -4.88. The first-order chi connectivity index (χ1) is 25.3. The van der Waals surface area contributed by atoms with Crippen molar-refractivity contribution in [1.29, 1.82) is 0 Å². The molecule has 306 valence electrons. The second kappa shape index (κ2) is 33.1. The second-order valence-electron chi connectivity index (χ2n) is 13.4. The van der Waals surface area contributed by atoms with Gasteiger partial charge in [-0.2, -0.15) is 0 Å². The number of carboxylic acid groups (broad SMARTS) is 1. The fourth-order valence-electron chi connectivity index (χ4n) is 4.97. The van der Waals surface area contributed by atoms with Gasteiger partial charge in [-0.3, -0.25) is 18.9 Å². The number of hydrogen-bond acceptors (Lipinski definition) is 10. The SMILES string of the molecule is CCCCC/C=C\C\C=C/C=C/C=C/[C@@H](SC[C@H](N)C(=O)OC[C@H](COP(=O)(O)O)OC(=O)CCCCCCCCC(C)CC)[C@@H](O)CCCC(=O)O. The van der Waals surface area contributed by atoms with E-state index in [4.69, 9.17) is 30.1 Å². The number of aliphatic hydroxyl groups is 1. The number of carboxylic acids is 1. The van der Waals surface area contributed by atoms with Crippen LogP contribution in [0, 0.1) is 5.92 Å². The predicted molar refractivity (Wildman–Crippen MR) is 212 cm³/mol. The van der Waals surface area contributed by atoms with E-state index < -0.39 is 62.4 Å². The zero-order chi connectivity index (χ0) is 39.7. The van der Waals surface area contributed by atoms with Crippen molar-refractivity contribution in [2.45, 2.75) is 153 Å². The van der Waals surface area contributed by atoms with E-state index in [-0.39, 0.29) is 31.4 Å². The van der Waals surface area contributed by atoms with Gasteiger partial charge in [-0.05, 0) is 44.4 Å². The fraction of sp³-hybridized carbons (Fsp3) is 0.718. The summed E-state index contributed by atoms with van der Waals surface area (Å²) in [5.41, 5.74) is 6.08. The number of phosphoric ester groups is 1. The van der Waals surface area contributed by atoms with Gasteiger partial charge in [0.05, 0.1) is 12.7 Å². The Morgan fingerprint density at radius 3 is 2.21 bits per heavy atom. The van der Waals surface area contributed by atoms with Gasteiger partial charge in [-0.15, -0.1) is 11.8 Å². The highest BCUT2D eigenvalue weighted by atomic mass is 32.2. The molecule has 0 aliphatic rings. The average Bonchev–Trinajstić information content (AvgIpc) is 3.11. The maximum Gasteiger partial charge on any atom is 0.469 e. The lowest BCUT2D eigenvalue weighted by Gasteiger charge is -2.22. The summed E-state index contributed by atoms with van der Waals surface area (Å²) < 4.78 is 26.4. The molecule has 6 N–H and O–H groups in total. The largest absolute Gasteiger partial charge is 0.481 e. The molecule has 53 heavy (non-hydrogen) atoms. The summed E-state index contributed by atoms with van der Waals surface area (Å²) >= 11 is 1.20. The molecule has 0 amide bonds. The van der Waals surface area contributed by atoms with Crippen molar-refractivity contribution in [2.75, 3.05) is 19.0 Å². The lowest BCUT2D eigenvalue weighted by atomic mass is 10.00. The predicted octanol–water partition coefficient (Wildman–Crippen LogP) is 7.96. The van der Waals surface area contributed by atoms with Crippen molar-refractivity contribution in [1.82, 2.24) is 0 Å². The summed E-state index contributed by atoms with van der Waals surface area (Å²) in [6.07, 6.45) is 27.7. The van der Waals surface area contributed by atoms with Crippen LogP contribution in [0.5, 0.6) is 0 Å². The summed E-state index contributed by atoms with van der Waals surface area (Å²) in [5, 5.41) is 19.3. The Balaban J connectivity index is 5.02. The maximum absolute atomic E-state index is 12.7. The minimum absolute atomic E-state index is 0.0408. The molecule has 0 aromatic heterocycles. The van der Waals surface area contributed by atoms with Gasteiger partial charge in [0.2, 0.25) is 0 Å².